The number of halogens is 4. The molecule has 0 unspecified atom stereocenters. The fourth-order valence-corrected chi connectivity index (χ4v) is 0.705. The van der Waals surface area contributed by atoms with Gasteiger partial charge in [-0.3, -0.25) is 0 Å². The predicted octanol–water partition coefficient (Wildman–Crippen LogP) is -3.24. The molecule has 0 radical (unpaired) electrons. The van der Waals surface area contributed by atoms with Crippen molar-refractivity contribution in [1.29, 1.82) is 0 Å². The molecule has 0 saturated heterocycles. The van der Waals surface area contributed by atoms with Crippen LogP contribution in [-0.4, -0.2) is 35.9 Å². The molecule has 0 amide bonds. The van der Waals surface area contributed by atoms with Gasteiger partial charge in [-0.2, -0.15) is 17.6 Å². The van der Waals surface area contributed by atoms with Crippen molar-refractivity contribution < 1.29 is 65.2 Å². The van der Waals surface area contributed by atoms with Crippen molar-refractivity contribution in [3.8, 4) is 0 Å². The molecule has 10 heteroatoms. The van der Waals surface area contributed by atoms with Gasteiger partial charge < -0.3 is 9.66 Å². The molecule has 13 heavy (non-hydrogen) atoms. The van der Waals surface area contributed by atoms with Crippen LogP contribution >= 0.6 is 0 Å². The summed E-state index contributed by atoms with van der Waals surface area (Å²) in [5.41, 5.74) is 0. The molecule has 0 aromatic heterocycles. The third kappa shape index (κ3) is 3.03. The Bertz CT molecular complexity index is 263. The van der Waals surface area contributed by atoms with Crippen LogP contribution in [0.25, 0.3) is 0 Å². The molecule has 0 aromatic rings. The van der Waals surface area contributed by atoms with E-state index in [4.69, 9.17) is 5.11 Å². The molecular formula is C3H3F4NaO4S. The van der Waals surface area contributed by atoms with E-state index in [1.807, 2.05) is 0 Å². The topological polar surface area (TPSA) is 77.4 Å². The van der Waals surface area contributed by atoms with Gasteiger partial charge in [0.05, 0.1) is 0 Å². The normalized spacial score (nSPS) is 13.7. The second kappa shape index (κ2) is 4.41. The molecule has 0 aliphatic heterocycles. The van der Waals surface area contributed by atoms with Gasteiger partial charge in [-0.05, 0) is 0 Å². The van der Waals surface area contributed by atoms with Crippen LogP contribution < -0.4 is 29.6 Å². The molecule has 0 aliphatic carbocycles. The zero-order chi connectivity index (χ0) is 10.2. The maximum absolute atomic E-state index is 11.9. The van der Waals surface area contributed by atoms with Crippen LogP contribution in [0.1, 0.15) is 0 Å². The minimum absolute atomic E-state index is 0. The monoisotopic (exact) mass is 234 g/mol. The fourth-order valence-electron chi connectivity index (χ4n) is 0.275. The second-order valence-electron chi connectivity index (χ2n) is 1.83. The van der Waals surface area contributed by atoms with Crippen LogP contribution in [0.15, 0.2) is 0 Å². The van der Waals surface area contributed by atoms with Gasteiger partial charge >= 0.3 is 40.7 Å². The molecule has 0 rings (SSSR count). The molecular weight excluding hydrogens is 231 g/mol. The first-order valence-electron chi connectivity index (χ1n) is 2.38. The van der Waals surface area contributed by atoms with E-state index < -0.39 is 27.9 Å². The predicted molar refractivity (Wildman–Crippen MR) is 26.7 cm³/mol. The van der Waals surface area contributed by atoms with Crippen molar-refractivity contribution in [3.63, 3.8) is 0 Å². The van der Waals surface area contributed by atoms with Crippen molar-refractivity contribution in [3.05, 3.63) is 0 Å². The smallest absolute Gasteiger partial charge is 0.743 e. The van der Waals surface area contributed by atoms with Gasteiger partial charge in [-0.1, -0.05) is 0 Å². The minimum atomic E-state index is -6.47. The van der Waals surface area contributed by atoms with Crippen molar-refractivity contribution in [2.45, 2.75) is 11.2 Å². The molecule has 0 aromatic carbocycles. The van der Waals surface area contributed by atoms with E-state index >= 15 is 0 Å². The van der Waals surface area contributed by atoms with E-state index in [1.54, 1.807) is 0 Å². The van der Waals surface area contributed by atoms with Crippen LogP contribution in [0.5, 0.6) is 0 Å². The third-order valence-corrected chi connectivity index (χ3v) is 1.86. The molecule has 0 heterocycles. The summed E-state index contributed by atoms with van der Waals surface area (Å²) in [7, 11) is -6.47. The second-order valence-corrected chi connectivity index (χ2v) is 3.25. The molecule has 1 N–H and O–H groups in total. The summed E-state index contributed by atoms with van der Waals surface area (Å²) in [4.78, 5) is 0. The molecule has 74 valence electrons. The maximum atomic E-state index is 11.9. The number of aliphatic hydroxyl groups excluding tert-OH is 1. The SMILES string of the molecule is O=S(=O)([O-])C(F)(F)C(F)(F)CO.[Na+]. The molecule has 0 spiro atoms. The van der Waals surface area contributed by atoms with Crippen molar-refractivity contribution in [2.75, 3.05) is 6.61 Å². The quantitative estimate of drug-likeness (QED) is 0.316. The first kappa shape index (κ1) is 16.0. The van der Waals surface area contributed by atoms with E-state index in [0.29, 0.717) is 0 Å². The first-order valence-corrected chi connectivity index (χ1v) is 3.79. The summed E-state index contributed by atoms with van der Waals surface area (Å²) < 4.78 is 76.2. The molecule has 0 bridgehead atoms. The standard InChI is InChI=1S/C3H4F4O4S.Na/c4-2(5,1-8)3(6,7)12(9,10)11;/h8H,1H2,(H,9,10,11);/q;+1/p-1. The van der Waals surface area contributed by atoms with E-state index in [-0.39, 0.29) is 29.6 Å². The average molecular weight is 234 g/mol. The van der Waals surface area contributed by atoms with E-state index in [9.17, 15) is 30.5 Å². The Morgan fingerprint density at radius 3 is 1.62 bits per heavy atom. The molecule has 0 saturated carbocycles. The number of aliphatic hydroxyl groups is 1. The van der Waals surface area contributed by atoms with Gasteiger partial charge in [-0.15, -0.1) is 0 Å². The van der Waals surface area contributed by atoms with Gasteiger partial charge in [0.1, 0.15) is 6.61 Å². The zero-order valence-electron chi connectivity index (χ0n) is 6.30. The van der Waals surface area contributed by atoms with Crippen molar-refractivity contribution in [2.24, 2.45) is 0 Å². The minimum Gasteiger partial charge on any atom is -0.743 e. The van der Waals surface area contributed by atoms with Crippen LogP contribution in [0.2, 0.25) is 0 Å². The Morgan fingerprint density at radius 2 is 1.54 bits per heavy atom. The number of hydrogen-bond donors (Lipinski definition) is 1. The van der Waals surface area contributed by atoms with Gasteiger partial charge in [0.25, 0.3) is 0 Å². The van der Waals surface area contributed by atoms with E-state index in [1.165, 1.54) is 0 Å². The molecule has 0 fully saturated rings. The largest absolute Gasteiger partial charge is 1.00 e. The van der Waals surface area contributed by atoms with E-state index in [2.05, 4.69) is 0 Å². The Kier molecular flexibility index (Phi) is 5.44. The van der Waals surface area contributed by atoms with Gasteiger partial charge in [0.2, 0.25) is 0 Å². The van der Waals surface area contributed by atoms with Gasteiger partial charge in [0.15, 0.2) is 10.1 Å². The van der Waals surface area contributed by atoms with Crippen LogP contribution in [0, 0.1) is 0 Å². The number of hydrogen-bond acceptors (Lipinski definition) is 4. The first-order chi connectivity index (χ1) is 5.06. The Balaban J connectivity index is 0. The molecule has 0 atom stereocenters. The summed E-state index contributed by atoms with van der Waals surface area (Å²) >= 11 is 0. The van der Waals surface area contributed by atoms with Crippen molar-refractivity contribution >= 4 is 10.1 Å². The van der Waals surface area contributed by atoms with Crippen LogP contribution in [0.4, 0.5) is 17.6 Å². The summed E-state index contributed by atoms with van der Waals surface area (Å²) in [6.45, 7) is -2.42. The average Bonchev–Trinajstić information content (AvgIpc) is 1.85. The Morgan fingerprint density at radius 1 is 1.23 bits per heavy atom. The van der Waals surface area contributed by atoms with Crippen LogP contribution in [-0.2, 0) is 10.1 Å². The zero-order valence-corrected chi connectivity index (χ0v) is 9.12. The number of alkyl halides is 4. The third-order valence-electron chi connectivity index (χ3n) is 0.938. The Labute approximate surface area is 93.0 Å². The molecule has 4 nitrogen and oxygen atoms in total. The Hall–Kier alpha value is 0.590. The summed E-state index contributed by atoms with van der Waals surface area (Å²) in [5, 5.41) is 1.88. The summed E-state index contributed by atoms with van der Waals surface area (Å²) in [6.07, 6.45) is 0. The van der Waals surface area contributed by atoms with E-state index in [0.717, 1.165) is 0 Å². The summed E-state index contributed by atoms with van der Waals surface area (Å²) in [6, 6.07) is 0. The summed E-state index contributed by atoms with van der Waals surface area (Å²) in [5.74, 6) is -5.26. The maximum Gasteiger partial charge on any atom is 1.00 e. The van der Waals surface area contributed by atoms with Crippen LogP contribution in [0.3, 0.4) is 0 Å². The molecule has 0 aliphatic rings. The fraction of sp³-hybridized carbons (Fsp3) is 1.00. The number of rotatable bonds is 3. The van der Waals surface area contributed by atoms with Gasteiger partial charge in [0, 0.05) is 0 Å². The van der Waals surface area contributed by atoms with Crippen molar-refractivity contribution in [1.82, 2.24) is 0 Å². The van der Waals surface area contributed by atoms with Gasteiger partial charge in [-0.25, -0.2) is 8.42 Å².